The minimum atomic E-state index is -4.42. The fraction of sp³-hybridized carbons (Fsp3) is 0.667. The van der Waals surface area contributed by atoms with Crippen LogP contribution in [0.3, 0.4) is 0 Å². The maximum atomic E-state index is 12.9. The van der Waals surface area contributed by atoms with Crippen molar-refractivity contribution in [1.29, 1.82) is 0 Å². The van der Waals surface area contributed by atoms with Gasteiger partial charge in [-0.25, -0.2) is 8.42 Å². The molecule has 0 radical (unpaired) electrons. The predicted octanol–water partition coefficient (Wildman–Crippen LogP) is 3.48. The lowest BCUT2D eigenvalue weighted by Gasteiger charge is -2.46. The second-order valence-corrected chi connectivity index (χ2v) is 10.1. The van der Waals surface area contributed by atoms with Crippen LogP contribution < -0.4 is 0 Å². The molecule has 0 aliphatic carbocycles. The number of nitrogens with zero attached hydrogens (tertiary/aromatic N) is 2. The molecule has 1 aromatic carbocycles. The quantitative estimate of drug-likeness (QED) is 0.793. The first kappa shape index (κ1) is 19.6. The van der Waals surface area contributed by atoms with Crippen molar-refractivity contribution in [3.8, 4) is 0 Å². The molecule has 0 N–H and O–H groups in total. The van der Waals surface area contributed by atoms with Crippen molar-refractivity contribution in [1.82, 2.24) is 9.21 Å². The van der Waals surface area contributed by atoms with E-state index in [2.05, 4.69) is 25.7 Å². The summed E-state index contributed by atoms with van der Waals surface area (Å²) in [5.41, 5.74) is -0.391. The summed E-state index contributed by atoms with van der Waals surface area (Å²) in [6.45, 7) is 7.77. The molecule has 2 bridgehead atoms. The summed E-state index contributed by atoms with van der Waals surface area (Å²) in [5.74, 6) is -0.256. The van der Waals surface area contributed by atoms with Gasteiger partial charge in [-0.15, -0.1) is 0 Å². The summed E-state index contributed by atoms with van der Waals surface area (Å²) in [5, 5.41) is 0. The summed E-state index contributed by atoms with van der Waals surface area (Å²) < 4.78 is 65.5. The third-order valence-electron chi connectivity index (χ3n) is 5.32. The molecule has 146 valence electrons. The van der Waals surface area contributed by atoms with Gasteiger partial charge in [0.15, 0.2) is 0 Å². The average molecular weight is 390 g/mol. The van der Waals surface area contributed by atoms with E-state index in [-0.39, 0.29) is 23.4 Å². The number of rotatable bonds is 3. The van der Waals surface area contributed by atoms with Crippen molar-refractivity contribution in [2.24, 2.45) is 0 Å². The van der Waals surface area contributed by atoms with Gasteiger partial charge in [0.05, 0.1) is 11.3 Å². The Kier molecular flexibility index (Phi) is 4.90. The van der Waals surface area contributed by atoms with Crippen molar-refractivity contribution in [3.05, 3.63) is 35.4 Å². The third kappa shape index (κ3) is 3.92. The molecule has 2 unspecified atom stereocenters. The normalized spacial score (nSPS) is 25.6. The zero-order valence-corrected chi connectivity index (χ0v) is 16.1. The molecule has 0 spiro atoms. The van der Waals surface area contributed by atoms with Crippen LogP contribution in [-0.4, -0.2) is 48.3 Å². The van der Waals surface area contributed by atoms with Crippen LogP contribution in [0.4, 0.5) is 13.2 Å². The Morgan fingerprint density at radius 3 is 1.92 bits per heavy atom. The number of hydrogen-bond donors (Lipinski definition) is 0. The topological polar surface area (TPSA) is 40.6 Å². The third-order valence-corrected chi connectivity index (χ3v) is 7.25. The summed E-state index contributed by atoms with van der Waals surface area (Å²) in [6.07, 6.45) is -2.74. The highest BCUT2D eigenvalue weighted by Crippen LogP contribution is 2.36. The Balaban J connectivity index is 1.75. The zero-order chi connectivity index (χ0) is 19.3. The number of sulfonamides is 1. The van der Waals surface area contributed by atoms with Crippen molar-refractivity contribution in [2.45, 2.75) is 63.2 Å². The van der Waals surface area contributed by atoms with E-state index in [9.17, 15) is 21.6 Å². The molecule has 2 saturated heterocycles. The number of piperazine rings is 1. The molecule has 2 aliphatic heterocycles. The van der Waals surface area contributed by atoms with Gasteiger partial charge in [-0.3, -0.25) is 4.90 Å². The molecule has 0 saturated carbocycles. The minimum Gasteiger partial charge on any atom is -0.295 e. The second kappa shape index (κ2) is 6.49. The van der Waals surface area contributed by atoms with Gasteiger partial charge in [-0.05, 0) is 51.3 Å². The van der Waals surface area contributed by atoms with Crippen molar-refractivity contribution in [3.63, 3.8) is 0 Å². The highest BCUT2D eigenvalue weighted by molar-refractivity contribution is 7.88. The number of alkyl halides is 3. The lowest BCUT2D eigenvalue weighted by atomic mass is 10.0. The molecule has 8 heteroatoms. The fourth-order valence-corrected chi connectivity index (χ4v) is 5.96. The minimum absolute atomic E-state index is 0.00980. The van der Waals surface area contributed by atoms with Crippen LogP contribution in [-0.2, 0) is 22.0 Å². The number of halogens is 3. The van der Waals surface area contributed by atoms with Crippen molar-refractivity contribution in [2.75, 3.05) is 13.1 Å². The second-order valence-electron chi connectivity index (χ2n) is 8.24. The predicted molar refractivity (Wildman–Crippen MR) is 94.0 cm³/mol. The average Bonchev–Trinajstić information content (AvgIpc) is 2.77. The van der Waals surface area contributed by atoms with Crippen molar-refractivity contribution >= 4 is 10.0 Å². The Labute approximate surface area is 153 Å². The van der Waals surface area contributed by atoms with Crippen LogP contribution >= 0.6 is 0 Å². The molecule has 26 heavy (non-hydrogen) atoms. The summed E-state index contributed by atoms with van der Waals surface area (Å²) in [6, 6.07) is 4.30. The van der Waals surface area contributed by atoms with E-state index < -0.39 is 21.8 Å². The van der Waals surface area contributed by atoms with Gasteiger partial charge in [-0.2, -0.15) is 17.5 Å². The van der Waals surface area contributed by atoms with Gasteiger partial charge >= 0.3 is 6.18 Å². The van der Waals surface area contributed by atoms with E-state index in [1.165, 1.54) is 12.1 Å². The van der Waals surface area contributed by atoms with Crippen LogP contribution in [0.25, 0.3) is 0 Å². The number of fused-ring (bicyclic) bond motifs is 2. The van der Waals surface area contributed by atoms with Crippen LogP contribution in [0, 0.1) is 0 Å². The lowest BCUT2D eigenvalue weighted by molar-refractivity contribution is -0.137. The maximum Gasteiger partial charge on any atom is 0.416 e. The van der Waals surface area contributed by atoms with Gasteiger partial charge in [-0.1, -0.05) is 12.1 Å². The summed E-state index contributed by atoms with van der Waals surface area (Å²) >= 11 is 0. The number of benzene rings is 1. The Morgan fingerprint density at radius 2 is 1.50 bits per heavy atom. The van der Waals surface area contributed by atoms with E-state index in [0.29, 0.717) is 18.7 Å². The molecular weight excluding hydrogens is 365 g/mol. The smallest absolute Gasteiger partial charge is 0.295 e. The van der Waals surface area contributed by atoms with Gasteiger partial charge < -0.3 is 0 Å². The van der Waals surface area contributed by atoms with E-state index in [1.807, 2.05) is 0 Å². The van der Waals surface area contributed by atoms with E-state index in [1.54, 1.807) is 4.31 Å². The van der Waals surface area contributed by atoms with Crippen LogP contribution in [0.15, 0.2) is 24.3 Å². The molecule has 4 nitrogen and oxygen atoms in total. The highest BCUT2D eigenvalue weighted by atomic mass is 32.2. The monoisotopic (exact) mass is 390 g/mol. The standard InChI is InChI=1S/C18H25F3N2O2S/c1-17(2,3)22-10-15-8-9-16(11-22)23(15)26(24,25)12-13-4-6-14(7-5-13)18(19,20)21/h4-7,15-16H,8-12H2,1-3H3. The number of likely N-dealkylation sites (tertiary alicyclic amines) is 1. The molecule has 0 amide bonds. The van der Waals surface area contributed by atoms with Crippen LogP contribution in [0.5, 0.6) is 0 Å². The highest BCUT2D eigenvalue weighted by Gasteiger charge is 2.47. The fourth-order valence-electron chi connectivity index (χ4n) is 3.94. The zero-order valence-electron chi connectivity index (χ0n) is 15.3. The van der Waals surface area contributed by atoms with Gasteiger partial charge in [0.25, 0.3) is 0 Å². The summed E-state index contributed by atoms with van der Waals surface area (Å²) in [7, 11) is -3.56. The maximum absolute atomic E-state index is 12.9. The molecular formula is C18H25F3N2O2S. The largest absolute Gasteiger partial charge is 0.416 e. The Morgan fingerprint density at radius 1 is 1.00 bits per heavy atom. The van der Waals surface area contributed by atoms with Crippen molar-refractivity contribution < 1.29 is 21.6 Å². The van der Waals surface area contributed by atoms with Gasteiger partial charge in [0.1, 0.15) is 0 Å². The molecule has 2 atom stereocenters. The van der Waals surface area contributed by atoms with Crippen LogP contribution in [0.1, 0.15) is 44.7 Å². The summed E-state index contributed by atoms with van der Waals surface area (Å²) in [4.78, 5) is 2.32. The van der Waals surface area contributed by atoms with Crippen LogP contribution in [0.2, 0.25) is 0 Å². The first-order valence-electron chi connectivity index (χ1n) is 8.80. The SMILES string of the molecule is CC(C)(C)N1CC2CCC(C1)N2S(=O)(=O)Cc1ccc(C(F)(F)F)cc1. The van der Waals surface area contributed by atoms with Gasteiger partial charge in [0, 0.05) is 30.7 Å². The molecule has 3 rings (SSSR count). The number of hydrogen-bond acceptors (Lipinski definition) is 3. The molecule has 2 fully saturated rings. The molecule has 1 aromatic rings. The molecule has 2 aliphatic rings. The Hall–Kier alpha value is -1.12. The lowest BCUT2D eigenvalue weighted by Crippen LogP contribution is -2.60. The molecule has 0 aromatic heterocycles. The first-order valence-corrected chi connectivity index (χ1v) is 10.4. The first-order chi connectivity index (χ1) is 11.9. The van der Waals surface area contributed by atoms with E-state index in [0.717, 1.165) is 25.0 Å². The Bertz CT molecular complexity index is 740. The van der Waals surface area contributed by atoms with E-state index >= 15 is 0 Å². The molecule has 2 heterocycles. The van der Waals surface area contributed by atoms with E-state index in [4.69, 9.17) is 0 Å². The van der Waals surface area contributed by atoms with Gasteiger partial charge in [0.2, 0.25) is 10.0 Å².